The maximum absolute atomic E-state index is 13.5. The molecule has 0 radical (unpaired) electrons. The first kappa shape index (κ1) is 15.4. The van der Waals surface area contributed by atoms with Crippen molar-refractivity contribution in [1.82, 2.24) is 0 Å². The molecule has 0 saturated carbocycles. The van der Waals surface area contributed by atoms with E-state index in [-0.39, 0.29) is 11.3 Å². The van der Waals surface area contributed by atoms with Crippen LogP contribution >= 0.6 is 27.5 Å². The van der Waals surface area contributed by atoms with E-state index in [9.17, 15) is 19.3 Å². The zero-order valence-electron chi connectivity index (χ0n) is 10.3. The number of hydrogen-bond donors (Lipinski definition) is 1. The lowest BCUT2D eigenvalue weighted by molar-refractivity contribution is -0.387. The third-order valence-electron chi connectivity index (χ3n) is 2.58. The predicted octanol–water partition coefficient (Wildman–Crippen LogP) is 4.40. The first-order valence-corrected chi connectivity index (χ1v) is 6.76. The van der Waals surface area contributed by atoms with Gasteiger partial charge in [-0.2, -0.15) is 4.39 Å². The Labute approximate surface area is 132 Å². The molecule has 2 aromatic rings. The van der Waals surface area contributed by atoms with Gasteiger partial charge in [0, 0.05) is 27.9 Å². The highest BCUT2D eigenvalue weighted by Crippen LogP contribution is 2.24. The number of benzene rings is 2. The van der Waals surface area contributed by atoms with Gasteiger partial charge in [-0.05, 0) is 40.2 Å². The van der Waals surface area contributed by atoms with E-state index in [1.54, 1.807) is 6.07 Å². The highest BCUT2D eigenvalue weighted by atomic mass is 79.9. The number of carbonyl (C=O) groups excluding carboxylic acids is 1. The number of anilines is 1. The van der Waals surface area contributed by atoms with E-state index in [1.807, 2.05) is 0 Å². The Balaban J connectivity index is 2.21. The molecule has 8 heteroatoms. The molecule has 0 heterocycles. The lowest BCUT2D eigenvalue weighted by atomic mass is 10.2. The zero-order valence-corrected chi connectivity index (χ0v) is 12.6. The average molecular weight is 374 g/mol. The van der Waals surface area contributed by atoms with Crippen LogP contribution in [0.1, 0.15) is 10.4 Å². The molecule has 0 spiro atoms. The second-order valence-corrected chi connectivity index (χ2v) is 5.27. The summed E-state index contributed by atoms with van der Waals surface area (Å²) < 4.78 is 14.1. The van der Waals surface area contributed by atoms with Crippen molar-refractivity contribution in [1.29, 1.82) is 0 Å². The number of nitro groups is 1. The number of halogens is 3. The summed E-state index contributed by atoms with van der Waals surface area (Å²) in [6.45, 7) is 0. The largest absolute Gasteiger partial charge is 0.322 e. The highest BCUT2D eigenvalue weighted by molar-refractivity contribution is 9.10. The Bertz CT molecular complexity index is 739. The van der Waals surface area contributed by atoms with Gasteiger partial charge in [0.25, 0.3) is 5.91 Å². The Morgan fingerprint density at radius 2 is 2.00 bits per heavy atom. The van der Waals surface area contributed by atoms with Crippen LogP contribution in [0.15, 0.2) is 40.9 Å². The minimum Gasteiger partial charge on any atom is -0.322 e. The summed E-state index contributed by atoms with van der Waals surface area (Å²) in [6.07, 6.45) is 0. The van der Waals surface area contributed by atoms with Crippen LogP contribution in [-0.4, -0.2) is 10.8 Å². The second-order valence-electron chi connectivity index (χ2n) is 4.01. The normalized spacial score (nSPS) is 10.2. The first-order valence-electron chi connectivity index (χ1n) is 5.59. The fourth-order valence-electron chi connectivity index (χ4n) is 1.57. The van der Waals surface area contributed by atoms with Gasteiger partial charge in [-0.25, -0.2) is 0 Å². The summed E-state index contributed by atoms with van der Waals surface area (Å²) in [6, 6.07) is 7.71. The Morgan fingerprint density at radius 1 is 1.29 bits per heavy atom. The number of carbonyl (C=O) groups is 1. The molecule has 0 aliphatic carbocycles. The van der Waals surface area contributed by atoms with Crippen LogP contribution in [0.4, 0.5) is 15.8 Å². The Morgan fingerprint density at radius 3 is 2.57 bits per heavy atom. The summed E-state index contributed by atoms with van der Waals surface area (Å²) in [5, 5.41) is 13.3. The molecule has 0 aromatic heterocycles. The van der Waals surface area contributed by atoms with Crippen LogP contribution in [0.3, 0.4) is 0 Å². The number of nitrogens with one attached hydrogen (secondary N) is 1. The molecular weight excluding hydrogens is 367 g/mol. The van der Waals surface area contributed by atoms with Crippen LogP contribution in [0.5, 0.6) is 0 Å². The minimum atomic E-state index is -1.02. The molecule has 0 atom stereocenters. The van der Waals surface area contributed by atoms with E-state index in [0.717, 1.165) is 12.1 Å². The van der Waals surface area contributed by atoms with Crippen molar-refractivity contribution in [3.8, 4) is 0 Å². The van der Waals surface area contributed by atoms with E-state index in [2.05, 4.69) is 21.2 Å². The van der Waals surface area contributed by atoms with Gasteiger partial charge in [0.05, 0.1) is 9.95 Å². The number of amides is 1. The number of rotatable bonds is 3. The molecule has 5 nitrogen and oxygen atoms in total. The lowest BCUT2D eigenvalue weighted by Gasteiger charge is -2.06. The fourth-order valence-corrected chi connectivity index (χ4v) is 2.00. The molecule has 21 heavy (non-hydrogen) atoms. The smallest absolute Gasteiger partial charge is 0.304 e. The topological polar surface area (TPSA) is 72.2 Å². The van der Waals surface area contributed by atoms with Crippen molar-refractivity contribution in [2.24, 2.45) is 0 Å². The van der Waals surface area contributed by atoms with E-state index >= 15 is 0 Å². The van der Waals surface area contributed by atoms with Crippen molar-refractivity contribution in [3.63, 3.8) is 0 Å². The number of nitro benzene ring substituents is 1. The van der Waals surface area contributed by atoms with Crippen LogP contribution in [0, 0.1) is 15.9 Å². The summed E-state index contributed by atoms with van der Waals surface area (Å²) in [5.41, 5.74) is -0.260. The monoisotopic (exact) mass is 372 g/mol. The van der Waals surface area contributed by atoms with Gasteiger partial charge in [0.1, 0.15) is 0 Å². The number of hydrogen-bond acceptors (Lipinski definition) is 3. The minimum absolute atomic E-state index is 0.113. The third kappa shape index (κ3) is 3.56. The Hall–Kier alpha value is -1.99. The summed E-state index contributed by atoms with van der Waals surface area (Å²) in [5.74, 6) is -1.52. The van der Waals surface area contributed by atoms with E-state index in [0.29, 0.717) is 9.50 Å². The molecule has 108 valence electrons. The van der Waals surface area contributed by atoms with Crippen LogP contribution in [0.25, 0.3) is 0 Å². The maximum Gasteiger partial charge on any atom is 0.304 e. The number of nitrogens with zero attached hydrogens (tertiary/aromatic N) is 1. The van der Waals surface area contributed by atoms with E-state index in [4.69, 9.17) is 11.6 Å². The van der Waals surface area contributed by atoms with Gasteiger partial charge in [-0.1, -0.05) is 11.6 Å². The van der Waals surface area contributed by atoms with Crippen molar-refractivity contribution < 1.29 is 14.1 Å². The lowest BCUT2D eigenvalue weighted by Crippen LogP contribution is -2.12. The van der Waals surface area contributed by atoms with Gasteiger partial charge in [-0.3, -0.25) is 14.9 Å². The zero-order chi connectivity index (χ0) is 15.6. The molecule has 2 aromatic carbocycles. The summed E-state index contributed by atoms with van der Waals surface area (Å²) in [4.78, 5) is 21.6. The molecular formula is C13H7BrClFN2O3. The third-order valence-corrected chi connectivity index (χ3v) is 3.82. The molecule has 2 rings (SSSR count). The summed E-state index contributed by atoms with van der Waals surface area (Å²) >= 11 is 9.08. The van der Waals surface area contributed by atoms with Crippen LogP contribution < -0.4 is 5.32 Å². The van der Waals surface area contributed by atoms with Crippen molar-refractivity contribution in [3.05, 3.63) is 67.4 Å². The maximum atomic E-state index is 13.5. The van der Waals surface area contributed by atoms with Crippen molar-refractivity contribution in [2.45, 2.75) is 0 Å². The standard InChI is InChI=1S/C13H7BrClFN2O3/c14-9-3-1-7(5-10(9)15)13(19)17-8-2-4-12(18(20)21)11(16)6-8/h1-6H,(H,17,19). The van der Waals surface area contributed by atoms with Crippen LogP contribution in [-0.2, 0) is 0 Å². The molecule has 0 fully saturated rings. The second kappa shape index (κ2) is 6.19. The molecule has 0 bridgehead atoms. The predicted molar refractivity (Wildman–Crippen MR) is 80.2 cm³/mol. The molecule has 0 saturated heterocycles. The quantitative estimate of drug-likeness (QED) is 0.640. The van der Waals surface area contributed by atoms with E-state index < -0.39 is 22.3 Å². The van der Waals surface area contributed by atoms with Crippen molar-refractivity contribution >= 4 is 44.8 Å². The first-order chi connectivity index (χ1) is 9.88. The average Bonchev–Trinajstić information content (AvgIpc) is 2.41. The van der Waals surface area contributed by atoms with E-state index in [1.165, 1.54) is 18.2 Å². The van der Waals surface area contributed by atoms with Gasteiger partial charge in [0.15, 0.2) is 0 Å². The molecule has 0 aliphatic rings. The van der Waals surface area contributed by atoms with Crippen molar-refractivity contribution in [2.75, 3.05) is 5.32 Å². The molecule has 0 unspecified atom stereocenters. The molecule has 0 aliphatic heterocycles. The highest BCUT2D eigenvalue weighted by Gasteiger charge is 2.15. The Kier molecular flexibility index (Phi) is 4.54. The van der Waals surface area contributed by atoms with Gasteiger partial charge < -0.3 is 5.32 Å². The molecule has 1 amide bonds. The van der Waals surface area contributed by atoms with Crippen LogP contribution in [0.2, 0.25) is 5.02 Å². The van der Waals surface area contributed by atoms with Gasteiger partial charge >= 0.3 is 5.69 Å². The SMILES string of the molecule is O=C(Nc1ccc([N+](=O)[O-])c(F)c1)c1ccc(Br)c(Cl)c1. The fraction of sp³-hybridized carbons (Fsp3) is 0. The van der Waals surface area contributed by atoms with Gasteiger partial charge in [0.2, 0.25) is 5.82 Å². The van der Waals surface area contributed by atoms with Gasteiger partial charge in [-0.15, -0.1) is 0 Å². The summed E-state index contributed by atoms with van der Waals surface area (Å²) in [7, 11) is 0. The molecule has 1 N–H and O–H groups in total.